The van der Waals surface area contributed by atoms with Crippen molar-refractivity contribution in [2.45, 2.75) is 6.73 Å². The van der Waals surface area contributed by atoms with Gasteiger partial charge < -0.3 is 19.3 Å². The lowest BCUT2D eigenvalue weighted by Gasteiger charge is -2.28. The smallest absolute Gasteiger partial charge is 0.147 e. The molecule has 2 aromatic rings. The first-order chi connectivity index (χ1) is 8.40. The van der Waals surface area contributed by atoms with E-state index in [1.54, 1.807) is 10.9 Å². The van der Waals surface area contributed by atoms with E-state index in [-0.39, 0.29) is 6.73 Å². The van der Waals surface area contributed by atoms with E-state index in [1.807, 2.05) is 12.3 Å². The summed E-state index contributed by atoms with van der Waals surface area (Å²) in [5.41, 5.74) is 0.768. The Bertz CT molecular complexity index is 519. The standard InChI is InChI=1S/C11H14N4O2/c16-8-15-2-1-9-10(12-7-13-11(9)15)14-3-5-17-6-4-14/h1-2,7,16H,3-6,8H2. The molecule has 0 aliphatic carbocycles. The number of aliphatic hydroxyl groups excluding tert-OH is 1. The Hall–Kier alpha value is -1.66. The number of aliphatic hydroxyl groups is 1. The number of hydrogen-bond acceptors (Lipinski definition) is 5. The molecule has 1 aliphatic rings. The Morgan fingerprint density at radius 1 is 1.29 bits per heavy atom. The number of morpholine rings is 1. The first kappa shape index (κ1) is 10.5. The summed E-state index contributed by atoms with van der Waals surface area (Å²) in [4.78, 5) is 10.7. The van der Waals surface area contributed by atoms with Gasteiger partial charge in [-0.15, -0.1) is 0 Å². The largest absolute Gasteiger partial charge is 0.378 e. The van der Waals surface area contributed by atoms with Crippen LogP contribution in [-0.2, 0) is 11.5 Å². The minimum atomic E-state index is -0.0664. The molecule has 17 heavy (non-hydrogen) atoms. The van der Waals surface area contributed by atoms with Crippen molar-refractivity contribution in [1.82, 2.24) is 14.5 Å². The van der Waals surface area contributed by atoms with Crippen molar-refractivity contribution in [2.24, 2.45) is 0 Å². The molecule has 0 atom stereocenters. The number of anilines is 1. The minimum Gasteiger partial charge on any atom is -0.378 e. The molecule has 1 fully saturated rings. The van der Waals surface area contributed by atoms with Crippen LogP contribution in [0.5, 0.6) is 0 Å². The molecule has 0 amide bonds. The van der Waals surface area contributed by atoms with Crippen LogP contribution in [-0.4, -0.2) is 45.9 Å². The van der Waals surface area contributed by atoms with Crippen LogP contribution in [0, 0.1) is 0 Å². The SMILES string of the molecule is OCn1ccc2c(N3CCOCC3)ncnc21. The Morgan fingerprint density at radius 3 is 2.88 bits per heavy atom. The Balaban J connectivity index is 2.06. The molecule has 1 N–H and O–H groups in total. The second-order valence-corrected chi connectivity index (χ2v) is 3.96. The van der Waals surface area contributed by atoms with E-state index in [1.165, 1.54) is 0 Å². The zero-order valence-electron chi connectivity index (χ0n) is 9.41. The summed E-state index contributed by atoms with van der Waals surface area (Å²) in [6.45, 7) is 3.08. The highest BCUT2D eigenvalue weighted by Crippen LogP contribution is 2.24. The summed E-state index contributed by atoms with van der Waals surface area (Å²) in [5, 5.41) is 10.2. The summed E-state index contributed by atoms with van der Waals surface area (Å²) < 4.78 is 7.02. The van der Waals surface area contributed by atoms with Crippen LogP contribution in [0.3, 0.4) is 0 Å². The van der Waals surface area contributed by atoms with E-state index in [0.717, 1.165) is 43.2 Å². The third kappa shape index (κ3) is 1.75. The van der Waals surface area contributed by atoms with Crippen molar-refractivity contribution in [1.29, 1.82) is 0 Å². The molecular formula is C11H14N4O2. The molecule has 3 heterocycles. The van der Waals surface area contributed by atoms with E-state index in [9.17, 15) is 5.11 Å². The van der Waals surface area contributed by atoms with E-state index in [0.29, 0.717) is 0 Å². The van der Waals surface area contributed by atoms with Crippen LogP contribution >= 0.6 is 0 Å². The highest BCUT2D eigenvalue weighted by Gasteiger charge is 2.16. The van der Waals surface area contributed by atoms with Crippen LogP contribution in [0.4, 0.5) is 5.82 Å². The van der Waals surface area contributed by atoms with Crippen LogP contribution < -0.4 is 4.90 Å². The lowest BCUT2D eigenvalue weighted by atomic mass is 10.3. The van der Waals surface area contributed by atoms with Gasteiger partial charge in [0.05, 0.1) is 18.6 Å². The summed E-state index contributed by atoms with van der Waals surface area (Å²) in [6.07, 6.45) is 3.36. The third-order valence-electron chi connectivity index (χ3n) is 3.00. The van der Waals surface area contributed by atoms with Crippen LogP contribution in [0.2, 0.25) is 0 Å². The molecule has 1 aliphatic heterocycles. The van der Waals surface area contributed by atoms with Gasteiger partial charge in [0.2, 0.25) is 0 Å². The van der Waals surface area contributed by atoms with Crippen molar-refractivity contribution in [3.8, 4) is 0 Å². The molecule has 6 heteroatoms. The number of rotatable bonds is 2. The van der Waals surface area contributed by atoms with E-state index < -0.39 is 0 Å². The Labute approximate surface area is 98.5 Å². The molecule has 3 rings (SSSR count). The van der Waals surface area contributed by atoms with E-state index >= 15 is 0 Å². The van der Waals surface area contributed by atoms with Gasteiger partial charge in [0.25, 0.3) is 0 Å². The zero-order valence-corrected chi connectivity index (χ0v) is 9.41. The fourth-order valence-electron chi connectivity index (χ4n) is 2.13. The fourth-order valence-corrected chi connectivity index (χ4v) is 2.13. The van der Waals surface area contributed by atoms with Gasteiger partial charge in [0, 0.05) is 19.3 Å². The molecule has 0 unspecified atom stereocenters. The second kappa shape index (κ2) is 4.31. The number of nitrogens with zero attached hydrogens (tertiary/aromatic N) is 4. The van der Waals surface area contributed by atoms with Crippen LogP contribution in [0.15, 0.2) is 18.6 Å². The van der Waals surface area contributed by atoms with Crippen molar-refractivity contribution in [2.75, 3.05) is 31.2 Å². The third-order valence-corrected chi connectivity index (χ3v) is 3.00. The predicted molar refractivity (Wildman–Crippen MR) is 62.8 cm³/mol. The molecule has 2 aromatic heterocycles. The quantitative estimate of drug-likeness (QED) is 0.805. The van der Waals surface area contributed by atoms with Gasteiger partial charge in [-0.3, -0.25) is 0 Å². The Morgan fingerprint density at radius 2 is 2.12 bits per heavy atom. The number of ether oxygens (including phenoxy) is 1. The maximum Gasteiger partial charge on any atom is 0.147 e. The first-order valence-corrected chi connectivity index (χ1v) is 5.63. The number of aromatic nitrogens is 3. The van der Waals surface area contributed by atoms with Crippen molar-refractivity contribution in [3.05, 3.63) is 18.6 Å². The van der Waals surface area contributed by atoms with Gasteiger partial charge >= 0.3 is 0 Å². The average molecular weight is 234 g/mol. The van der Waals surface area contributed by atoms with Crippen molar-refractivity contribution in [3.63, 3.8) is 0 Å². The molecule has 0 bridgehead atoms. The fraction of sp³-hybridized carbons (Fsp3) is 0.455. The highest BCUT2D eigenvalue weighted by molar-refractivity contribution is 5.87. The van der Waals surface area contributed by atoms with Crippen LogP contribution in [0.25, 0.3) is 11.0 Å². The molecule has 0 saturated carbocycles. The predicted octanol–water partition coefficient (Wildman–Crippen LogP) is 0.218. The molecular weight excluding hydrogens is 220 g/mol. The zero-order chi connectivity index (χ0) is 11.7. The lowest BCUT2D eigenvalue weighted by molar-refractivity contribution is 0.122. The van der Waals surface area contributed by atoms with E-state index in [4.69, 9.17) is 4.74 Å². The monoisotopic (exact) mass is 234 g/mol. The summed E-state index contributed by atoms with van der Waals surface area (Å²) in [6, 6.07) is 1.94. The molecule has 90 valence electrons. The van der Waals surface area contributed by atoms with Gasteiger partial charge in [-0.2, -0.15) is 0 Å². The molecule has 0 aromatic carbocycles. The highest BCUT2D eigenvalue weighted by atomic mass is 16.5. The first-order valence-electron chi connectivity index (χ1n) is 5.63. The normalized spacial score (nSPS) is 16.6. The number of hydrogen-bond donors (Lipinski definition) is 1. The topological polar surface area (TPSA) is 63.4 Å². The van der Waals surface area contributed by atoms with E-state index in [2.05, 4.69) is 14.9 Å². The number of fused-ring (bicyclic) bond motifs is 1. The van der Waals surface area contributed by atoms with Crippen molar-refractivity contribution < 1.29 is 9.84 Å². The van der Waals surface area contributed by atoms with Crippen molar-refractivity contribution >= 4 is 16.9 Å². The van der Waals surface area contributed by atoms with Gasteiger partial charge in [-0.1, -0.05) is 0 Å². The van der Waals surface area contributed by atoms with Gasteiger partial charge in [-0.05, 0) is 6.07 Å². The molecule has 0 radical (unpaired) electrons. The summed E-state index contributed by atoms with van der Waals surface area (Å²) in [7, 11) is 0. The molecule has 6 nitrogen and oxygen atoms in total. The lowest BCUT2D eigenvalue weighted by Crippen LogP contribution is -2.36. The average Bonchev–Trinajstić information content (AvgIpc) is 2.82. The molecule has 0 spiro atoms. The van der Waals surface area contributed by atoms with Gasteiger partial charge in [0.1, 0.15) is 24.5 Å². The maximum atomic E-state index is 9.19. The summed E-state index contributed by atoms with van der Waals surface area (Å²) in [5.74, 6) is 0.922. The molecule has 1 saturated heterocycles. The minimum absolute atomic E-state index is 0.0664. The van der Waals surface area contributed by atoms with Gasteiger partial charge in [-0.25, -0.2) is 9.97 Å². The maximum absolute atomic E-state index is 9.19. The van der Waals surface area contributed by atoms with Gasteiger partial charge in [0.15, 0.2) is 0 Å². The Kier molecular flexibility index (Phi) is 2.66. The summed E-state index contributed by atoms with van der Waals surface area (Å²) >= 11 is 0. The second-order valence-electron chi connectivity index (χ2n) is 3.96. The van der Waals surface area contributed by atoms with Crippen LogP contribution in [0.1, 0.15) is 0 Å².